The fourth-order valence-electron chi connectivity index (χ4n) is 3.85. The number of hydrogen-bond donors (Lipinski definition) is 3. The van der Waals surface area contributed by atoms with Crippen LogP contribution >= 0.6 is 0 Å². The lowest BCUT2D eigenvalue weighted by Gasteiger charge is -2.17. The lowest BCUT2D eigenvalue weighted by Crippen LogP contribution is -2.28. The van der Waals surface area contributed by atoms with E-state index in [0.717, 1.165) is 43.5 Å². The van der Waals surface area contributed by atoms with E-state index in [9.17, 15) is 9.90 Å². The number of fused-ring (bicyclic) bond motifs is 2. The number of ether oxygens (including phenoxy) is 1. The van der Waals surface area contributed by atoms with Crippen LogP contribution in [-0.4, -0.2) is 63.8 Å². The molecule has 1 aromatic carbocycles. The van der Waals surface area contributed by atoms with E-state index < -0.39 is 0 Å². The second-order valence-electron chi connectivity index (χ2n) is 8.20. The van der Waals surface area contributed by atoms with Gasteiger partial charge in [-0.3, -0.25) is 9.79 Å². The highest BCUT2D eigenvalue weighted by Gasteiger charge is 2.15. The molecule has 174 valence electrons. The molecule has 3 aromatic rings. The van der Waals surface area contributed by atoms with Gasteiger partial charge in [0.15, 0.2) is 5.88 Å². The minimum atomic E-state index is -0.0200. The van der Waals surface area contributed by atoms with E-state index in [1.165, 1.54) is 6.33 Å². The number of nitrogens with zero attached hydrogens (tertiary/aromatic N) is 4. The number of carbonyl (C=O) groups excluding carboxylic acids is 1. The average molecular weight is 451 g/mol. The molecule has 0 radical (unpaired) electrons. The zero-order valence-corrected chi connectivity index (χ0v) is 18.9. The standard InChI is InChI=1S/C24H30N6O3/c1-30-12-7-11-25-22-21-19(24(32)29-23(21)28-16-27-22)15-26-17-8-6-9-18(14-17)33-13-5-3-2-4-10-20(30)31/h6,8-9,14-16,32H,2-5,7,10-13H2,1H3,(H2,25,27,28,29). The van der Waals surface area contributed by atoms with Gasteiger partial charge in [0.25, 0.3) is 0 Å². The summed E-state index contributed by atoms with van der Waals surface area (Å²) >= 11 is 0. The van der Waals surface area contributed by atoms with Crippen molar-refractivity contribution in [2.45, 2.75) is 38.5 Å². The summed E-state index contributed by atoms with van der Waals surface area (Å²) in [5, 5.41) is 14.4. The topological polar surface area (TPSA) is 116 Å². The molecule has 0 spiro atoms. The maximum absolute atomic E-state index is 12.4. The molecule has 1 amide bonds. The van der Waals surface area contributed by atoms with E-state index in [4.69, 9.17) is 4.74 Å². The van der Waals surface area contributed by atoms with Gasteiger partial charge in [-0.1, -0.05) is 18.9 Å². The highest BCUT2D eigenvalue weighted by Crippen LogP contribution is 2.30. The normalized spacial score (nSPS) is 16.6. The molecular weight excluding hydrogens is 420 g/mol. The smallest absolute Gasteiger partial charge is 0.222 e. The molecule has 2 aromatic heterocycles. The van der Waals surface area contributed by atoms with Crippen LogP contribution in [0.3, 0.4) is 0 Å². The fraction of sp³-hybridized carbons (Fsp3) is 0.417. The van der Waals surface area contributed by atoms with Crippen LogP contribution in [0.5, 0.6) is 11.6 Å². The van der Waals surface area contributed by atoms with Gasteiger partial charge in [0, 0.05) is 38.8 Å². The number of amides is 1. The van der Waals surface area contributed by atoms with E-state index in [0.29, 0.717) is 48.5 Å². The number of anilines is 1. The van der Waals surface area contributed by atoms with Gasteiger partial charge in [-0.05, 0) is 31.4 Å². The summed E-state index contributed by atoms with van der Waals surface area (Å²) in [5.74, 6) is 1.51. The number of aliphatic imine (C=N–C) groups is 1. The number of benzene rings is 1. The molecule has 2 bridgehead atoms. The van der Waals surface area contributed by atoms with E-state index in [2.05, 4.69) is 25.3 Å². The Labute approximate surface area is 192 Å². The number of rotatable bonds is 0. The maximum Gasteiger partial charge on any atom is 0.222 e. The molecule has 33 heavy (non-hydrogen) atoms. The Balaban J connectivity index is 1.60. The second-order valence-corrected chi connectivity index (χ2v) is 8.20. The van der Waals surface area contributed by atoms with Crippen molar-refractivity contribution in [1.82, 2.24) is 19.9 Å². The first kappa shape index (κ1) is 22.6. The van der Waals surface area contributed by atoms with Crippen LogP contribution in [0.25, 0.3) is 11.0 Å². The molecule has 1 aliphatic heterocycles. The Kier molecular flexibility index (Phi) is 7.39. The first-order valence-corrected chi connectivity index (χ1v) is 11.4. The highest BCUT2D eigenvalue weighted by molar-refractivity contribution is 6.06. The first-order valence-electron chi connectivity index (χ1n) is 11.4. The van der Waals surface area contributed by atoms with Gasteiger partial charge >= 0.3 is 0 Å². The number of aromatic hydroxyl groups is 1. The van der Waals surface area contributed by atoms with E-state index in [1.54, 1.807) is 11.1 Å². The minimum Gasteiger partial charge on any atom is -0.494 e. The number of aromatic nitrogens is 3. The molecule has 9 heteroatoms. The van der Waals surface area contributed by atoms with Crippen LogP contribution in [0.2, 0.25) is 0 Å². The minimum absolute atomic E-state index is 0.0200. The number of nitrogens with one attached hydrogen (secondary N) is 2. The zero-order valence-electron chi connectivity index (χ0n) is 18.9. The Morgan fingerprint density at radius 2 is 2.00 bits per heavy atom. The number of H-pyrrole nitrogens is 1. The van der Waals surface area contributed by atoms with Crippen molar-refractivity contribution in [3.05, 3.63) is 36.2 Å². The molecule has 0 unspecified atom stereocenters. The van der Waals surface area contributed by atoms with Crippen LogP contribution in [0.1, 0.15) is 44.1 Å². The maximum atomic E-state index is 12.4. The summed E-state index contributed by atoms with van der Waals surface area (Å²) in [6.45, 7) is 1.92. The van der Waals surface area contributed by atoms with Crippen molar-refractivity contribution < 1.29 is 14.6 Å². The molecule has 3 N–H and O–H groups in total. The molecule has 0 saturated carbocycles. The fourth-order valence-corrected chi connectivity index (χ4v) is 3.85. The van der Waals surface area contributed by atoms with Gasteiger partial charge in [-0.25, -0.2) is 9.97 Å². The van der Waals surface area contributed by atoms with Crippen molar-refractivity contribution >= 4 is 34.7 Å². The third kappa shape index (κ3) is 5.79. The Hall–Kier alpha value is -3.62. The van der Waals surface area contributed by atoms with Crippen LogP contribution in [0, 0.1) is 0 Å². The molecule has 4 rings (SSSR count). The lowest BCUT2D eigenvalue weighted by atomic mass is 10.1. The average Bonchev–Trinajstić information content (AvgIpc) is 3.14. The molecular formula is C24H30N6O3. The highest BCUT2D eigenvalue weighted by atomic mass is 16.5. The predicted octanol–water partition coefficient (Wildman–Crippen LogP) is 4.02. The third-order valence-electron chi connectivity index (χ3n) is 5.71. The SMILES string of the molecule is CN1CCCNc2ncnc3[nH]c(O)c(c23)C=Nc2cccc(c2)OCCCCCCC1=O. The van der Waals surface area contributed by atoms with Gasteiger partial charge in [0.1, 0.15) is 23.5 Å². The van der Waals surface area contributed by atoms with Crippen molar-refractivity contribution in [2.75, 3.05) is 32.1 Å². The van der Waals surface area contributed by atoms with E-state index in [1.807, 2.05) is 31.3 Å². The van der Waals surface area contributed by atoms with Crippen molar-refractivity contribution in [3.63, 3.8) is 0 Å². The van der Waals surface area contributed by atoms with Gasteiger partial charge in [0.2, 0.25) is 5.91 Å². The van der Waals surface area contributed by atoms with E-state index in [-0.39, 0.29) is 11.8 Å². The molecule has 3 heterocycles. The van der Waals surface area contributed by atoms with Crippen molar-refractivity contribution in [3.8, 4) is 11.6 Å². The van der Waals surface area contributed by atoms with Gasteiger partial charge < -0.3 is 25.0 Å². The summed E-state index contributed by atoms with van der Waals surface area (Å²) < 4.78 is 5.87. The molecule has 0 fully saturated rings. The van der Waals surface area contributed by atoms with Gasteiger partial charge in [-0.2, -0.15) is 0 Å². The molecule has 0 saturated heterocycles. The van der Waals surface area contributed by atoms with Gasteiger partial charge in [-0.15, -0.1) is 0 Å². The Bertz CT molecular complexity index is 1130. The van der Waals surface area contributed by atoms with E-state index >= 15 is 0 Å². The summed E-state index contributed by atoms with van der Waals surface area (Å²) in [7, 11) is 1.85. The molecule has 0 atom stereocenters. The molecule has 9 nitrogen and oxygen atoms in total. The predicted molar refractivity (Wildman–Crippen MR) is 129 cm³/mol. The largest absolute Gasteiger partial charge is 0.494 e. The van der Waals surface area contributed by atoms with Crippen molar-refractivity contribution in [1.29, 1.82) is 0 Å². The van der Waals surface area contributed by atoms with Gasteiger partial charge in [0.05, 0.1) is 23.2 Å². The molecule has 0 aliphatic carbocycles. The zero-order chi connectivity index (χ0) is 23.0. The summed E-state index contributed by atoms with van der Waals surface area (Å²) in [4.78, 5) is 30.2. The summed E-state index contributed by atoms with van der Waals surface area (Å²) in [6, 6.07) is 7.55. The second kappa shape index (κ2) is 10.8. The quantitative estimate of drug-likeness (QED) is 0.476. The van der Waals surface area contributed by atoms with Crippen LogP contribution in [0.15, 0.2) is 35.6 Å². The van der Waals surface area contributed by atoms with Crippen molar-refractivity contribution in [2.24, 2.45) is 4.99 Å². The number of hydrogen-bond acceptors (Lipinski definition) is 7. The Morgan fingerprint density at radius 1 is 1.12 bits per heavy atom. The number of aromatic amines is 1. The summed E-state index contributed by atoms with van der Waals surface area (Å²) in [6.07, 6.45) is 8.27. The number of carbonyl (C=O) groups is 1. The third-order valence-corrected chi connectivity index (χ3v) is 5.71. The Morgan fingerprint density at radius 3 is 2.91 bits per heavy atom. The van der Waals surface area contributed by atoms with Crippen LogP contribution in [-0.2, 0) is 4.79 Å². The lowest BCUT2D eigenvalue weighted by molar-refractivity contribution is -0.130. The van der Waals surface area contributed by atoms with Crippen LogP contribution < -0.4 is 10.1 Å². The molecule has 1 aliphatic rings. The van der Waals surface area contributed by atoms with Crippen LogP contribution in [0.4, 0.5) is 11.5 Å². The summed E-state index contributed by atoms with van der Waals surface area (Å²) in [5.41, 5.74) is 1.76. The monoisotopic (exact) mass is 450 g/mol. The first-order chi connectivity index (χ1) is 16.1.